The van der Waals surface area contributed by atoms with Gasteiger partial charge in [-0.25, -0.2) is 9.13 Å². The second-order valence-corrected chi connectivity index (χ2v) is 31.3. The van der Waals surface area contributed by atoms with Crippen molar-refractivity contribution in [2.45, 2.75) is 388 Å². The van der Waals surface area contributed by atoms with Crippen LogP contribution in [0.2, 0.25) is 0 Å². The number of carbonyl (C=O) groups excluding carboxylic acids is 4. The van der Waals surface area contributed by atoms with Crippen molar-refractivity contribution in [3.63, 3.8) is 0 Å². The summed E-state index contributed by atoms with van der Waals surface area (Å²) >= 11 is 0. The SMILES string of the molecule is CCC(C)CCCCCCCCCCCCCCCCCCCCC(=O)O[C@H](COC(=O)CCCCCCCCCCCCC(C)C)COP(=O)(O)OC[C@@H](O)COP(=O)(O)OC[C@@H](COC(=O)CCCCCCCCC(C)C)OC(=O)CCCCCCCCC(C)C. The molecular weight excluding hydrogens is 1220 g/mol. The van der Waals surface area contributed by atoms with Crippen molar-refractivity contribution in [3.8, 4) is 0 Å². The normalized spacial score (nSPS) is 14.5. The third-order valence-electron chi connectivity index (χ3n) is 17.4. The Balaban J connectivity index is 5.16. The molecule has 19 heteroatoms. The molecule has 0 saturated carbocycles. The van der Waals surface area contributed by atoms with Crippen LogP contribution in [-0.4, -0.2) is 96.7 Å². The Bertz CT molecular complexity index is 1840. The molecule has 0 aromatic heterocycles. The maximum atomic E-state index is 13.1. The van der Waals surface area contributed by atoms with Crippen molar-refractivity contribution >= 4 is 39.5 Å². The van der Waals surface area contributed by atoms with E-state index in [4.69, 9.17) is 37.0 Å². The minimum absolute atomic E-state index is 0.101. The molecule has 552 valence electrons. The van der Waals surface area contributed by atoms with Gasteiger partial charge in [-0.05, 0) is 49.4 Å². The zero-order valence-electron chi connectivity index (χ0n) is 60.9. The first-order valence-corrected chi connectivity index (χ1v) is 41.2. The van der Waals surface area contributed by atoms with E-state index < -0.39 is 97.5 Å². The van der Waals surface area contributed by atoms with Gasteiger partial charge in [-0.3, -0.25) is 37.3 Å². The standard InChI is InChI=1S/C74H144O17P2/c1-9-67(8)53-45-37-27-23-18-16-14-12-10-11-13-15-17-19-25-29-40-48-56-73(78)90-69(60-84-71(76)54-46-38-28-24-21-20-22-26-34-42-50-64(2)3)62-88-92(80,81)86-58-68(75)59-87-93(82,83)89-63-70(91-74(79)57-49-41-33-31-36-44-52-66(6)7)61-85-72(77)55-47-39-32-30-35-43-51-65(4)5/h64-70,75H,9-63H2,1-8H3,(H,80,81)(H,82,83)/t67?,68-,69-,70-/m1/s1. The number of rotatable bonds is 71. The van der Waals surface area contributed by atoms with Gasteiger partial charge in [0.15, 0.2) is 12.2 Å². The topological polar surface area (TPSA) is 237 Å². The van der Waals surface area contributed by atoms with Gasteiger partial charge in [0.1, 0.15) is 19.3 Å². The molecule has 93 heavy (non-hydrogen) atoms. The Morgan fingerprint density at radius 3 is 0.763 bits per heavy atom. The summed E-state index contributed by atoms with van der Waals surface area (Å²) in [6.45, 7) is 14.1. The predicted molar refractivity (Wildman–Crippen MR) is 377 cm³/mol. The van der Waals surface area contributed by atoms with Crippen LogP contribution in [-0.2, 0) is 65.4 Å². The Morgan fingerprint density at radius 2 is 0.516 bits per heavy atom. The van der Waals surface area contributed by atoms with Gasteiger partial charge in [0, 0.05) is 25.7 Å². The first-order chi connectivity index (χ1) is 44.6. The third-order valence-corrected chi connectivity index (χ3v) is 19.3. The predicted octanol–water partition coefficient (Wildman–Crippen LogP) is 21.3. The molecule has 0 aliphatic heterocycles. The minimum atomic E-state index is -4.96. The smallest absolute Gasteiger partial charge is 0.462 e. The lowest BCUT2D eigenvalue weighted by molar-refractivity contribution is -0.161. The summed E-state index contributed by atoms with van der Waals surface area (Å²) in [5.41, 5.74) is 0. The van der Waals surface area contributed by atoms with Gasteiger partial charge in [0.25, 0.3) is 0 Å². The van der Waals surface area contributed by atoms with Crippen molar-refractivity contribution in [3.05, 3.63) is 0 Å². The number of unbranched alkanes of at least 4 members (excludes halogenated alkanes) is 36. The average molecular weight is 1370 g/mol. The summed E-state index contributed by atoms with van der Waals surface area (Å²) < 4.78 is 68.3. The summed E-state index contributed by atoms with van der Waals surface area (Å²) in [7, 11) is -9.90. The van der Waals surface area contributed by atoms with Crippen molar-refractivity contribution in [2.24, 2.45) is 23.7 Å². The first-order valence-electron chi connectivity index (χ1n) is 38.2. The molecule has 0 heterocycles. The van der Waals surface area contributed by atoms with Crippen LogP contribution >= 0.6 is 15.6 Å². The Labute approximate surface area is 568 Å². The summed E-state index contributed by atoms with van der Waals surface area (Å²) in [6, 6.07) is 0. The van der Waals surface area contributed by atoms with Gasteiger partial charge in [-0.2, -0.15) is 0 Å². The Hall–Kier alpha value is -1.94. The minimum Gasteiger partial charge on any atom is -0.462 e. The van der Waals surface area contributed by atoms with Crippen molar-refractivity contribution in [1.82, 2.24) is 0 Å². The highest BCUT2D eigenvalue weighted by molar-refractivity contribution is 7.47. The molecular formula is C74H144O17P2. The van der Waals surface area contributed by atoms with Gasteiger partial charge >= 0.3 is 39.5 Å². The quantitative estimate of drug-likeness (QED) is 0.0222. The van der Waals surface area contributed by atoms with E-state index in [0.29, 0.717) is 37.5 Å². The third kappa shape index (κ3) is 67.0. The van der Waals surface area contributed by atoms with E-state index in [1.54, 1.807) is 0 Å². The van der Waals surface area contributed by atoms with Crippen LogP contribution in [0.15, 0.2) is 0 Å². The second-order valence-electron chi connectivity index (χ2n) is 28.4. The Kier molecular flexibility index (Phi) is 62.2. The lowest BCUT2D eigenvalue weighted by atomic mass is 9.99. The molecule has 0 radical (unpaired) electrons. The fourth-order valence-electron chi connectivity index (χ4n) is 11.2. The molecule has 0 saturated heterocycles. The van der Waals surface area contributed by atoms with Crippen molar-refractivity contribution in [1.29, 1.82) is 0 Å². The largest absolute Gasteiger partial charge is 0.472 e. The van der Waals surface area contributed by atoms with Crippen LogP contribution < -0.4 is 0 Å². The van der Waals surface area contributed by atoms with Gasteiger partial charge in [0.2, 0.25) is 0 Å². The average Bonchev–Trinajstić information content (AvgIpc) is 1.84. The molecule has 0 rings (SSSR count). The zero-order chi connectivity index (χ0) is 68.9. The van der Waals surface area contributed by atoms with E-state index in [1.165, 1.54) is 167 Å². The number of hydrogen-bond donors (Lipinski definition) is 3. The van der Waals surface area contributed by atoms with Crippen LogP contribution in [0, 0.1) is 23.7 Å². The lowest BCUT2D eigenvalue weighted by Gasteiger charge is -2.21. The summed E-state index contributed by atoms with van der Waals surface area (Å²) in [4.78, 5) is 72.6. The molecule has 6 atom stereocenters. The number of phosphoric ester groups is 2. The molecule has 17 nitrogen and oxygen atoms in total. The molecule has 0 bridgehead atoms. The summed E-state index contributed by atoms with van der Waals surface area (Å²) in [5.74, 6) is 0.847. The summed E-state index contributed by atoms with van der Waals surface area (Å²) in [6.07, 6.45) is 47.7. The monoisotopic (exact) mass is 1370 g/mol. The molecule has 0 aliphatic carbocycles. The van der Waals surface area contributed by atoms with E-state index in [-0.39, 0.29) is 25.7 Å². The van der Waals surface area contributed by atoms with Crippen molar-refractivity contribution < 1.29 is 80.2 Å². The van der Waals surface area contributed by atoms with Crippen LogP contribution in [0.4, 0.5) is 0 Å². The summed E-state index contributed by atoms with van der Waals surface area (Å²) in [5, 5.41) is 10.6. The van der Waals surface area contributed by atoms with E-state index in [0.717, 1.165) is 108 Å². The lowest BCUT2D eigenvalue weighted by Crippen LogP contribution is -2.30. The van der Waals surface area contributed by atoms with E-state index in [2.05, 4.69) is 55.4 Å². The molecule has 0 fully saturated rings. The van der Waals surface area contributed by atoms with Crippen LogP contribution in [0.3, 0.4) is 0 Å². The highest BCUT2D eigenvalue weighted by atomic mass is 31.2. The second kappa shape index (κ2) is 63.5. The van der Waals surface area contributed by atoms with E-state index in [1.807, 2.05) is 0 Å². The van der Waals surface area contributed by atoms with E-state index >= 15 is 0 Å². The van der Waals surface area contributed by atoms with Gasteiger partial charge in [-0.1, -0.05) is 319 Å². The Morgan fingerprint density at radius 1 is 0.301 bits per heavy atom. The molecule has 3 unspecified atom stereocenters. The number of carbonyl (C=O) groups is 4. The molecule has 0 aliphatic rings. The number of phosphoric acid groups is 2. The molecule has 0 aromatic rings. The highest BCUT2D eigenvalue weighted by Gasteiger charge is 2.30. The highest BCUT2D eigenvalue weighted by Crippen LogP contribution is 2.45. The van der Waals surface area contributed by atoms with Crippen LogP contribution in [0.25, 0.3) is 0 Å². The molecule has 3 N–H and O–H groups in total. The molecule has 0 amide bonds. The van der Waals surface area contributed by atoms with E-state index in [9.17, 15) is 43.2 Å². The zero-order valence-corrected chi connectivity index (χ0v) is 62.7. The van der Waals surface area contributed by atoms with Gasteiger partial charge < -0.3 is 33.8 Å². The maximum absolute atomic E-state index is 13.1. The van der Waals surface area contributed by atoms with Crippen molar-refractivity contribution in [2.75, 3.05) is 39.6 Å². The van der Waals surface area contributed by atoms with Gasteiger partial charge in [0.05, 0.1) is 26.4 Å². The van der Waals surface area contributed by atoms with Gasteiger partial charge in [-0.15, -0.1) is 0 Å². The van der Waals surface area contributed by atoms with Crippen LogP contribution in [0.1, 0.15) is 370 Å². The van der Waals surface area contributed by atoms with Crippen LogP contribution in [0.5, 0.6) is 0 Å². The number of ether oxygens (including phenoxy) is 4. The number of aliphatic hydroxyl groups excluding tert-OH is 1. The molecule has 0 spiro atoms. The number of esters is 4. The number of aliphatic hydroxyl groups is 1. The fourth-order valence-corrected chi connectivity index (χ4v) is 12.7. The maximum Gasteiger partial charge on any atom is 0.472 e. The first kappa shape index (κ1) is 91.1. The molecule has 0 aromatic carbocycles. The number of hydrogen-bond acceptors (Lipinski definition) is 15. The fraction of sp³-hybridized carbons (Fsp3) is 0.946.